The number of benzene rings is 1. The van der Waals surface area contributed by atoms with Gasteiger partial charge in [-0.25, -0.2) is 13.4 Å². The second-order valence-electron chi connectivity index (χ2n) is 7.28. The minimum absolute atomic E-state index is 0.0384. The molecule has 3 rings (SSSR count). The Kier molecular flexibility index (Phi) is 6.51. The molecule has 0 bridgehead atoms. The van der Waals surface area contributed by atoms with Crippen LogP contribution in [0.5, 0.6) is 0 Å². The molecule has 2 heterocycles. The molecule has 0 aliphatic carbocycles. The van der Waals surface area contributed by atoms with Crippen LogP contribution >= 0.6 is 0 Å². The maximum atomic E-state index is 13.3. The lowest BCUT2D eigenvalue weighted by atomic mass is 10.0. The van der Waals surface area contributed by atoms with E-state index in [-0.39, 0.29) is 42.9 Å². The zero-order chi connectivity index (χ0) is 21.9. The molecule has 1 amide bonds. The molecule has 0 saturated carbocycles. The summed E-state index contributed by atoms with van der Waals surface area (Å²) in [7, 11) is -1.62. The Morgan fingerprint density at radius 2 is 1.83 bits per heavy atom. The van der Waals surface area contributed by atoms with E-state index in [0.717, 1.165) is 4.57 Å². The van der Waals surface area contributed by atoms with E-state index in [1.165, 1.54) is 24.3 Å². The number of halogens is 3. The van der Waals surface area contributed by atoms with Gasteiger partial charge in [0.1, 0.15) is 18.4 Å². The lowest BCUT2D eigenvalue weighted by Crippen LogP contribution is -2.48. The lowest BCUT2D eigenvalue weighted by molar-refractivity contribution is -0.141. The van der Waals surface area contributed by atoms with Crippen LogP contribution in [0.2, 0.25) is 0 Å². The van der Waals surface area contributed by atoms with Gasteiger partial charge in [-0.05, 0) is 5.56 Å². The molecule has 0 N–H and O–H groups in total. The second-order valence-corrected chi connectivity index (χ2v) is 9.59. The summed E-state index contributed by atoms with van der Waals surface area (Å²) in [6, 6.07) is 8.22. The Labute approximate surface area is 173 Å². The van der Waals surface area contributed by atoms with Gasteiger partial charge in [-0.2, -0.15) is 13.2 Å². The van der Waals surface area contributed by atoms with Crippen LogP contribution < -0.4 is 0 Å². The van der Waals surface area contributed by atoms with Gasteiger partial charge < -0.3 is 9.47 Å². The van der Waals surface area contributed by atoms with Gasteiger partial charge in [-0.3, -0.25) is 9.69 Å². The number of aromatic nitrogens is 2. The Morgan fingerprint density at radius 3 is 2.43 bits per heavy atom. The summed E-state index contributed by atoms with van der Waals surface area (Å²) in [6.07, 6.45) is -1.90. The van der Waals surface area contributed by atoms with Gasteiger partial charge in [0, 0.05) is 32.5 Å². The van der Waals surface area contributed by atoms with Crippen molar-refractivity contribution in [3.8, 4) is 0 Å². The molecule has 0 spiro atoms. The predicted molar refractivity (Wildman–Crippen MR) is 104 cm³/mol. The molecule has 1 aromatic heterocycles. The van der Waals surface area contributed by atoms with Crippen molar-refractivity contribution in [3.63, 3.8) is 0 Å². The minimum Gasteiger partial charge on any atom is -0.337 e. The fourth-order valence-electron chi connectivity index (χ4n) is 3.46. The van der Waals surface area contributed by atoms with Crippen molar-refractivity contribution in [2.24, 2.45) is 0 Å². The number of nitrogens with zero attached hydrogens (tertiary/aromatic N) is 4. The summed E-state index contributed by atoms with van der Waals surface area (Å²) >= 11 is 0. The maximum absolute atomic E-state index is 13.3. The van der Waals surface area contributed by atoms with E-state index >= 15 is 0 Å². The van der Waals surface area contributed by atoms with Gasteiger partial charge in [0.05, 0.1) is 18.1 Å². The maximum Gasteiger partial charge on any atom is 0.406 e. The molecule has 1 fully saturated rings. The average molecular weight is 444 g/mol. The Morgan fingerprint density at radius 1 is 1.20 bits per heavy atom. The Hall–Kier alpha value is -2.40. The highest BCUT2D eigenvalue weighted by Crippen LogP contribution is 2.26. The molecule has 2 aromatic rings. The number of carbonyl (C=O) groups is 1. The van der Waals surface area contributed by atoms with Gasteiger partial charge in [0.2, 0.25) is 5.91 Å². The number of alkyl halides is 3. The number of hydrogen-bond donors (Lipinski definition) is 0. The van der Waals surface area contributed by atoms with Gasteiger partial charge in [-0.1, -0.05) is 30.3 Å². The molecule has 7 nitrogen and oxygen atoms in total. The molecular weight excluding hydrogens is 421 g/mol. The van der Waals surface area contributed by atoms with E-state index in [9.17, 15) is 26.4 Å². The van der Waals surface area contributed by atoms with E-state index in [1.807, 2.05) is 6.07 Å². The monoisotopic (exact) mass is 444 g/mol. The first-order valence-electron chi connectivity index (χ1n) is 9.37. The van der Waals surface area contributed by atoms with E-state index in [2.05, 4.69) is 4.98 Å². The molecular formula is C19H23F3N4O3S. The second kappa shape index (κ2) is 8.76. The van der Waals surface area contributed by atoms with Crippen molar-refractivity contribution in [3.05, 3.63) is 54.1 Å². The summed E-state index contributed by atoms with van der Waals surface area (Å²) in [5.41, 5.74) is 0.701. The molecule has 1 aliphatic heterocycles. The summed E-state index contributed by atoms with van der Waals surface area (Å²) < 4.78 is 62.9. The average Bonchev–Trinajstić information content (AvgIpc) is 3.08. The van der Waals surface area contributed by atoms with E-state index in [0.29, 0.717) is 5.56 Å². The van der Waals surface area contributed by atoms with Gasteiger partial charge in [-0.15, -0.1) is 0 Å². The zero-order valence-corrected chi connectivity index (χ0v) is 17.2. The highest BCUT2D eigenvalue weighted by Gasteiger charge is 2.35. The molecule has 164 valence electrons. The van der Waals surface area contributed by atoms with Crippen molar-refractivity contribution >= 4 is 15.7 Å². The molecule has 1 saturated heterocycles. The van der Waals surface area contributed by atoms with E-state index < -0.39 is 28.6 Å². The quantitative estimate of drug-likeness (QED) is 0.680. The number of likely N-dealkylation sites (N-methyl/N-ethyl adjacent to an activating group) is 1. The lowest BCUT2D eigenvalue weighted by Gasteiger charge is -2.35. The largest absolute Gasteiger partial charge is 0.406 e. The minimum atomic E-state index is -4.40. The normalized spacial score (nSPS) is 18.1. The number of rotatable bonds is 6. The standard InChI is InChI=1S/C19H23F3N4O3S/c1-24(13-16-23-7-8-26(16)14-19(20,21)22)18(27)17(15-5-3-2-4-6-15)25-9-11-30(28,29)12-10-25/h2-8,17H,9-14H2,1H3. The van der Waals surface area contributed by atoms with Crippen LogP contribution in [0.25, 0.3) is 0 Å². The molecule has 1 aliphatic rings. The number of amides is 1. The first-order valence-corrected chi connectivity index (χ1v) is 11.2. The molecule has 11 heteroatoms. The topological polar surface area (TPSA) is 75.5 Å². The summed E-state index contributed by atoms with van der Waals surface area (Å²) in [4.78, 5) is 20.4. The highest BCUT2D eigenvalue weighted by atomic mass is 32.2. The third-order valence-electron chi connectivity index (χ3n) is 5.00. The van der Waals surface area contributed by atoms with Crippen LogP contribution in [-0.2, 0) is 27.7 Å². The third-order valence-corrected chi connectivity index (χ3v) is 6.61. The van der Waals surface area contributed by atoms with Crippen LogP contribution in [0.4, 0.5) is 13.2 Å². The van der Waals surface area contributed by atoms with E-state index in [1.54, 1.807) is 29.2 Å². The van der Waals surface area contributed by atoms with Crippen LogP contribution in [0.3, 0.4) is 0 Å². The van der Waals surface area contributed by atoms with Gasteiger partial charge >= 0.3 is 6.18 Å². The van der Waals surface area contributed by atoms with Crippen LogP contribution in [0, 0.1) is 0 Å². The molecule has 0 radical (unpaired) electrons. The molecule has 1 unspecified atom stereocenters. The summed E-state index contributed by atoms with van der Waals surface area (Å²) in [5.74, 6) is -0.287. The smallest absolute Gasteiger partial charge is 0.337 e. The Bertz CT molecular complexity index is 962. The SMILES string of the molecule is CN(Cc1nccn1CC(F)(F)F)C(=O)C(c1ccccc1)N1CCS(=O)(=O)CC1. The van der Waals surface area contributed by atoms with Crippen LogP contribution in [-0.4, -0.2) is 71.5 Å². The fraction of sp³-hybridized carbons (Fsp3) is 0.474. The van der Waals surface area contributed by atoms with Gasteiger partial charge in [0.15, 0.2) is 9.84 Å². The number of imidazole rings is 1. The summed E-state index contributed by atoms with van der Waals surface area (Å²) in [6.45, 7) is -0.859. The number of sulfone groups is 1. The Balaban J connectivity index is 1.80. The first kappa shape index (κ1) is 22.3. The molecule has 1 atom stereocenters. The zero-order valence-electron chi connectivity index (χ0n) is 16.4. The van der Waals surface area contributed by atoms with Crippen molar-refractivity contribution in [2.75, 3.05) is 31.6 Å². The molecule has 30 heavy (non-hydrogen) atoms. The van der Waals surface area contributed by atoms with Crippen molar-refractivity contribution in [1.82, 2.24) is 19.4 Å². The van der Waals surface area contributed by atoms with Crippen molar-refractivity contribution in [1.29, 1.82) is 0 Å². The number of carbonyl (C=O) groups excluding carboxylic acids is 1. The van der Waals surface area contributed by atoms with Gasteiger partial charge in [0.25, 0.3) is 0 Å². The molecule has 1 aromatic carbocycles. The highest BCUT2D eigenvalue weighted by molar-refractivity contribution is 7.91. The van der Waals surface area contributed by atoms with Crippen molar-refractivity contribution in [2.45, 2.75) is 25.3 Å². The third kappa shape index (κ3) is 5.60. The first-order chi connectivity index (χ1) is 14.1. The fourth-order valence-corrected chi connectivity index (χ4v) is 4.69. The summed E-state index contributed by atoms with van der Waals surface area (Å²) in [5, 5.41) is 0. The van der Waals surface area contributed by atoms with E-state index in [4.69, 9.17) is 0 Å². The number of hydrogen-bond acceptors (Lipinski definition) is 5. The van der Waals surface area contributed by atoms with Crippen LogP contribution in [0.15, 0.2) is 42.7 Å². The predicted octanol–water partition coefficient (Wildman–Crippen LogP) is 1.88. The van der Waals surface area contributed by atoms with Crippen LogP contribution in [0.1, 0.15) is 17.4 Å². The van der Waals surface area contributed by atoms with Crippen molar-refractivity contribution < 1.29 is 26.4 Å².